The first-order chi connectivity index (χ1) is 9.29. The molecule has 1 aliphatic rings. The number of nitrogens with one attached hydrogen (secondary N) is 1. The van der Waals surface area contributed by atoms with E-state index in [9.17, 15) is 13.2 Å². The molecule has 0 aromatic heterocycles. The van der Waals surface area contributed by atoms with Crippen LogP contribution in [0.15, 0.2) is 22.7 Å². The summed E-state index contributed by atoms with van der Waals surface area (Å²) in [6, 6.07) is 4.99. The lowest BCUT2D eigenvalue weighted by molar-refractivity contribution is -0.137. The topological polar surface area (TPSA) is 15.3 Å². The van der Waals surface area contributed by atoms with Crippen LogP contribution in [0.2, 0.25) is 0 Å². The monoisotopic (exact) mass is 350 g/mol. The Bertz CT molecular complexity index is 472. The molecule has 0 spiro atoms. The molecule has 1 aromatic rings. The molecule has 112 valence electrons. The third-order valence-electron chi connectivity index (χ3n) is 3.69. The quantitative estimate of drug-likeness (QED) is 0.848. The summed E-state index contributed by atoms with van der Waals surface area (Å²) < 4.78 is 39.4. The van der Waals surface area contributed by atoms with Crippen LogP contribution < -0.4 is 5.32 Å². The summed E-state index contributed by atoms with van der Waals surface area (Å²) in [7, 11) is 2.02. The van der Waals surface area contributed by atoms with Crippen molar-refractivity contribution in [2.24, 2.45) is 0 Å². The van der Waals surface area contributed by atoms with Gasteiger partial charge in [0.2, 0.25) is 0 Å². The van der Waals surface area contributed by atoms with Gasteiger partial charge in [0, 0.05) is 28.8 Å². The highest BCUT2D eigenvalue weighted by Crippen LogP contribution is 2.36. The number of hydrogen-bond acceptors (Lipinski definition) is 2. The molecule has 1 saturated carbocycles. The van der Waals surface area contributed by atoms with Crippen LogP contribution in [0.3, 0.4) is 0 Å². The molecule has 0 bridgehead atoms. The molecule has 0 aliphatic heterocycles. The number of anilines is 1. The number of alkyl halides is 3. The van der Waals surface area contributed by atoms with Crippen molar-refractivity contribution in [3.8, 4) is 0 Å². The van der Waals surface area contributed by atoms with E-state index in [1.54, 1.807) is 6.07 Å². The number of halogens is 4. The highest BCUT2D eigenvalue weighted by atomic mass is 79.9. The van der Waals surface area contributed by atoms with Gasteiger partial charge in [-0.3, -0.25) is 4.90 Å². The maximum atomic E-state index is 13.0. The van der Waals surface area contributed by atoms with Crippen molar-refractivity contribution in [3.05, 3.63) is 28.2 Å². The van der Waals surface area contributed by atoms with E-state index in [1.807, 2.05) is 14.0 Å². The van der Waals surface area contributed by atoms with Crippen LogP contribution in [0.4, 0.5) is 18.9 Å². The second-order valence-corrected chi connectivity index (χ2v) is 6.23. The number of likely N-dealkylation sites (N-methyl/N-ethyl adjacent to an activating group) is 1. The van der Waals surface area contributed by atoms with Gasteiger partial charge < -0.3 is 5.32 Å². The first kappa shape index (κ1) is 15.6. The standard InChI is InChI=1S/C14H18BrF3N2/c1-9(20(2)11-4-5-11)8-19-13-6-3-10(15)7-12(13)14(16,17)18/h3,6-7,9,11,19H,4-5,8H2,1-2H3. The third-order valence-corrected chi connectivity index (χ3v) is 4.19. The van der Waals surface area contributed by atoms with Gasteiger partial charge in [0.1, 0.15) is 0 Å². The molecule has 2 nitrogen and oxygen atoms in total. The Morgan fingerprint density at radius 3 is 2.60 bits per heavy atom. The minimum Gasteiger partial charge on any atom is -0.383 e. The molecule has 0 saturated heterocycles. The van der Waals surface area contributed by atoms with E-state index in [-0.39, 0.29) is 11.7 Å². The Balaban J connectivity index is 2.05. The highest BCUT2D eigenvalue weighted by Gasteiger charge is 2.34. The second-order valence-electron chi connectivity index (χ2n) is 5.31. The predicted molar refractivity (Wildman–Crippen MR) is 77.9 cm³/mol. The normalized spacial score (nSPS) is 17.4. The summed E-state index contributed by atoms with van der Waals surface area (Å²) in [6.45, 7) is 2.52. The smallest absolute Gasteiger partial charge is 0.383 e. The van der Waals surface area contributed by atoms with E-state index in [2.05, 4.69) is 26.1 Å². The average molecular weight is 351 g/mol. The minimum absolute atomic E-state index is 0.136. The molecule has 1 aliphatic carbocycles. The van der Waals surface area contributed by atoms with Crippen molar-refractivity contribution < 1.29 is 13.2 Å². The van der Waals surface area contributed by atoms with E-state index in [0.29, 0.717) is 17.1 Å². The first-order valence-electron chi connectivity index (χ1n) is 6.61. The largest absolute Gasteiger partial charge is 0.418 e. The highest BCUT2D eigenvalue weighted by molar-refractivity contribution is 9.10. The molecule has 1 N–H and O–H groups in total. The van der Waals surface area contributed by atoms with Crippen molar-refractivity contribution in [1.29, 1.82) is 0 Å². The van der Waals surface area contributed by atoms with Gasteiger partial charge in [-0.25, -0.2) is 0 Å². The lowest BCUT2D eigenvalue weighted by atomic mass is 10.1. The first-order valence-corrected chi connectivity index (χ1v) is 7.41. The second kappa shape index (κ2) is 5.93. The lowest BCUT2D eigenvalue weighted by Gasteiger charge is -2.26. The molecular formula is C14H18BrF3N2. The summed E-state index contributed by atoms with van der Waals surface area (Å²) >= 11 is 3.08. The Labute approximate surface area is 125 Å². The number of hydrogen-bond donors (Lipinski definition) is 1. The van der Waals surface area contributed by atoms with E-state index in [4.69, 9.17) is 0 Å². The molecule has 0 amide bonds. The van der Waals surface area contributed by atoms with Crippen molar-refractivity contribution in [2.45, 2.75) is 38.0 Å². The van der Waals surface area contributed by atoms with Gasteiger partial charge in [-0.15, -0.1) is 0 Å². The molecule has 1 atom stereocenters. The van der Waals surface area contributed by atoms with Crippen LogP contribution in [-0.4, -0.2) is 30.6 Å². The Hall–Kier alpha value is -0.750. The summed E-state index contributed by atoms with van der Waals surface area (Å²) in [4.78, 5) is 2.22. The van der Waals surface area contributed by atoms with Crippen LogP contribution in [0.1, 0.15) is 25.3 Å². The number of rotatable bonds is 5. The number of nitrogens with zero attached hydrogens (tertiary/aromatic N) is 1. The lowest BCUT2D eigenvalue weighted by Crippen LogP contribution is -2.36. The maximum absolute atomic E-state index is 13.0. The van der Waals surface area contributed by atoms with Crippen LogP contribution >= 0.6 is 15.9 Å². The summed E-state index contributed by atoms with van der Waals surface area (Å²) in [5.74, 6) is 0. The molecular weight excluding hydrogens is 333 g/mol. The van der Waals surface area contributed by atoms with Gasteiger partial charge in [-0.05, 0) is 45.0 Å². The zero-order chi connectivity index (χ0) is 14.9. The van der Waals surface area contributed by atoms with Crippen molar-refractivity contribution in [3.63, 3.8) is 0 Å². The van der Waals surface area contributed by atoms with E-state index in [1.165, 1.54) is 18.9 Å². The minimum atomic E-state index is -4.35. The molecule has 0 heterocycles. The van der Waals surface area contributed by atoms with Gasteiger partial charge in [0.05, 0.1) is 5.56 Å². The number of benzene rings is 1. The fraction of sp³-hybridized carbons (Fsp3) is 0.571. The fourth-order valence-corrected chi connectivity index (χ4v) is 2.51. The molecule has 1 unspecified atom stereocenters. The van der Waals surface area contributed by atoms with Gasteiger partial charge in [-0.2, -0.15) is 13.2 Å². The predicted octanol–water partition coefficient (Wildman–Crippen LogP) is 4.36. The maximum Gasteiger partial charge on any atom is 0.418 e. The van der Waals surface area contributed by atoms with Crippen LogP contribution in [-0.2, 0) is 6.18 Å². The molecule has 6 heteroatoms. The van der Waals surface area contributed by atoms with E-state index in [0.717, 1.165) is 6.07 Å². The van der Waals surface area contributed by atoms with Crippen molar-refractivity contribution >= 4 is 21.6 Å². The van der Waals surface area contributed by atoms with E-state index >= 15 is 0 Å². The van der Waals surface area contributed by atoms with Gasteiger partial charge in [-0.1, -0.05) is 15.9 Å². The average Bonchev–Trinajstić information content (AvgIpc) is 3.19. The zero-order valence-corrected chi connectivity index (χ0v) is 13.1. The van der Waals surface area contributed by atoms with Gasteiger partial charge in [0.25, 0.3) is 0 Å². The van der Waals surface area contributed by atoms with Crippen LogP contribution in [0, 0.1) is 0 Å². The SMILES string of the molecule is CC(CNc1ccc(Br)cc1C(F)(F)F)N(C)C1CC1. The third kappa shape index (κ3) is 3.88. The Morgan fingerprint density at radius 2 is 2.05 bits per heavy atom. The van der Waals surface area contributed by atoms with Crippen LogP contribution in [0.25, 0.3) is 0 Å². The molecule has 20 heavy (non-hydrogen) atoms. The fourth-order valence-electron chi connectivity index (χ4n) is 2.15. The molecule has 2 rings (SSSR count). The molecule has 0 radical (unpaired) electrons. The van der Waals surface area contributed by atoms with Gasteiger partial charge >= 0.3 is 6.18 Å². The van der Waals surface area contributed by atoms with Crippen LogP contribution in [0.5, 0.6) is 0 Å². The zero-order valence-electron chi connectivity index (χ0n) is 11.5. The molecule has 1 fully saturated rings. The molecule has 1 aromatic carbocycles. The van der Waals surface area contributed by atoms with E-state index < -0.39 is 11.7 Å². The summed E-state index contributed by atoms with van der Waals surface area (Å²) in [5.41, 5.74) is -0.495. The summed E-state index contributed by atoms with van der Waals surface area (Å²) in [6.07, 6.45) is -1.97. The Morgan fingerprint density at radius 1 is 1.40 bits per heavy atom. The Kier molecular flexibility index (Phi) is 4.64. The van der Waals surface area contributed by atoms with Crippen molar-refractivity contribution in [2.75, 3.05) is 18.9 Å². The summed E-state index contributed by atoms with van der Waals surface area (Å²) in [5, 5.41) is 2.93. The van der Waals surface area contributed by atoms with Gasteiger partial charge in [0.15, 0.2) is 0 Å². The van der Waals surface area contributed by atoms with Crippen molar-refractivity contribution in [1.82, 2.24) is 4.90 Å².